The molecule has 0 aromatic carbocycles. The van der Waals surface area contributed by atoms with Gasteiger partial charge in [0.1, 0.15) is 11.7 Å². The smallest absolute Gasteiger partial charge is 0.338 e. The van der Waals surface area contributed by atoms with E-state index >= 15 is 0 Å². The Balaban J connectivity index is 1.53. The fraction of sp³-hybridized carbons (Fsp3) is 0.630. The first kappa shape index (κ1) is 23.1. The van der Waals surface area contributed by atoms with Gasteiger partial charge >= 0.3 is 11.9 Å². The van der Waals surface area contributed by atoms with Gasteiger partial charge in [0, 0.05) is 17.5 Å². The molecule has 0 amide bonds. The SMILES string of the molecule is CC(C)C1=CC2CC3(C=O)C4CC[C@@H](C)C4CC2(CCOC(=O)c2cc[n+]([O-])cc2)C13C(=O)O. The Hall–Kier alpha value is -2.70. The minimum atomic E-state index is -1.25. The van der Waals surface area contributed by atoms with Crippen molar-refractivity contribution in [3.05, 3.63) is 46.9 Å². The lowest BCUT2D eigenvalue weighted by Crippen LogP contribution is -2.62. The highest BCUT2D eigenvalue weighted by molar-refractivity contribution is 5.91. The van der Waals surface area contributed by atoms with Crippen molar-refractivity contribution in [2.75, 3.05) is 6.61 Å². The second kappa shape index (κ2) is 7.65. The van der Waals surface area contributed by atoms with Crippen molar-refractivity contribution in [2.24, 2.45) is 45.8 Å². The average Bonchev–Trinajstić information content (AvgIpc) is 3.36. The number of hydrogen-bond donors (Lipinski definition) is 1. The fourth-order valence-electron chi connectivity index (χ4n) is 8.79. The molecule has 4 aliphatic carbocycles. The largest absolute Gasteiger partial charge is 0.619 e. The number of aromatic nitrogens is 1. The minimum absolute atomic E-state index is 0.0149. The first-order valence-corrected chi connectivity index (χ1v) is 12.4. The van der Waals surface area contributed by atoms with Gasteiger partial charge < -0.3 is 19.8 Å². The van der Waals surface area contributed by atoms with E-state index in [0.29, 0.717) is 29.4 Å². The van der Waals surface area contributed by atoms with E-state index in [0.717, 1.165) is 31.1 Å². The normalized spacial score (nSPS) is 39.6. The molecule has 34 heavy (non-hydrogen) atoms. The summed E-state index contributed by atoms with van der Waals surface area (Å²) in [6.07, 6.45) is 9.29. The van der Waals surface area contributed by atoms with Gasteiger partial charge in [-0.15, -0.1) is 0 Å². The summed E-state index contributed by atoms with van der Waals surface area (Å²) >= 11 is 0. The van der Waals surface area contributed by atoms with E-state index in [1.807, 2.05) is 13.8 Å². The highest BCUT2D eigenvalue weighted by atomic mass is 16.5. The van der Waals surface area contributed by atoms with Gasteiger partial charge in [0.05, 0.1) is 17.6 Å². The van der Waals surface area contributed by atoms with Crippen LogP contribution in [-0.2, 0) is 14.3 Å². The molecule has 7 nitrogen and oxygen atoms in total. The first-order chi connectivity index (χ1) is 16.1. The number of carbonyl (C=O) groups is 3. The number of hydrogen-bond acceptors (Lipinski definition) is 5. The van der Waals surface area contributed by atoms with E-state index in [1.165, 1.54) is 24.5 Å². The predicted octanol–water partition coefficient (Wildman–Crippen LogP) is 3.79. The van der Waals surface area contributed by atoms with Crippen molar-refractivity contribution < 1.29 is 29.0 Å². The number of carbonyl (C=O) groups excluding carboxylic acids is 2. The quantitative estimate of drug-likeness (QED) is 0.215. The number of carboxylic acids is 1. The van der Waals surface area contributed by atoms with Crippen LogP contribution in [0.4, 0.5) is 0 Å². The third kappa shape index (κ3) is 2.64. The van der Waals surface area contributed by atoms with E-state index in [4.69, 9.17) is 4.74 Å². The Labute approximate surface area is 199 Å². The van der Waals surface area contributed by atoms with Crippen LogP contribution in [0.2, 0.25) is 0 Å². The van der Waals surface area contributed by atoms with E-state index in [-0.39, 0.29) is 29.9 Å². The van der Waals surface area contributed by atoms with Crippen LogP contribution in [0.5, 0.6) is 0 Å². The molecule has 0 radical (unpaired) electrons. The maximum Gasteiger partial charge on any atom is 0.338 e. The minimum Gasteiger partial charge on any atom is -0.619 e. The second-order valence-electron chi connectivity index (χ2n) is 11.3. The van der Waals surface area contributed by atoms with Gasteiger partial charge in [-0.3, -0.25) is 4.79 Å². The molecule has 0 saturated heterocycles. The lowest BCUT2D eigenvalue weighted by molar-refractivity contribution is -0.605. The van der Waals surface area contributed by atoms with Crippen LogP contribution in [0.25, 0.3) is 0 Å². The second-order valence-corrected chi connectivity index (χ2v) is 11.3. The number of nitrogens with zero attached hydrogens (tertiary/aromatic N) is 1. The summed E-state index contributed by atoms with van der Waals surface area (Å²) in [5.74, 6) is -0.594. The summed E-state index contributed by atoms with van der Waals surface area (Å²) in [5.41, 5.74) is -1.64. The van der Waals surface area contributed by atoms with Gasteiger partial charge in [0.15, 0.2) is 12.4 Å². The molecule has 0 spiro atoms. The van der Waals surface area contributed by atoms with E-state index in [9.17, 15) is 24.7 Å². The lowest BCUT2D eigenvalue weighted by Gasteiger charge is -2.58. The number of carboxylic acid groups (broad SMARTS) is 1. The molecule has 3 saturated carbocycles. The molecule has 7 atom stereocenters. The van der Waals surface area contributed by atoms with Crippen molar-refractivity contribution in [3.8, 4) is 0 Å². The van der Waals surface area contributed by atoms with Crippen molar-refractivity contribution in [2.45, 2.75) is 52.9 Å². The van der Waals surface area contributed by atoms with E-state index in [1.54, 1.807) is 0 Å². The van der Waals surface area contributed by atoms with E-state index < -0.39 is 28.2 Å². The van der Waals surface area contributed by atoms with E-state index in [2.05, 4.69) is 13.0 Å². The maximum atomic E-state index is 13.4. The van der Waals surface area contributed by atoms with Crippen LogP contribution in [-0.4, -0.2) is 29.9 Å². The Bertz CT molecular complexity index is 1060. The lowest BCUT2D eigenvalue weighted by atomic mass is 9.42. The third-order valence-electron chi connectivity index (χ3n) is 9.94. The number of allylic oxidation sites excluding steroid dienone is 1. The first-order valence-electron chi connectivity index (χ1n) is 12.4. The molecule has 4 bridgehead atoms. The van der Waals surface area contributed by atoms with Crippen LogP contribution >= 0.6 is 0 Å². The number of pyridine rings is 1. The number of fused-ring (bicyclic) bond motifs is 2. The summed E-state index contributed by atoms with van der Waals surface area (Å²) in [6, 6.07) is 2.82. The molecule has 1 aromatic rings. The Morgan fingerprint density at radius 3 is 2.59 bits per heavy atom. The maximum absolute atomic E-state index is 13.4. The molecule has 4 aliphatic rings. The van der Waals surface area contributed by atoms with Crippen LogP contribution in [0.15, 0.2) is 36.2 Å². The third-order valence-corrected chi connectivity index (χ3v) is 9.94. The highest BCUT2D eigenvalue weighted by Crippen LogP contribution is 2.83. The predicted molar refractivity (Wildman–Crippen MR) is 122 cm³/mol. The summed E-state index contributed by atoms with van der Waals surface area (Å²) in [7, 11) is 0. The van der Waals surface area contributed by atoms with Gasteiger partial charge in [0.2, 0.25) is 0 Å². The molecule has 7 heteroatoms. The van der Waals surface area contributed by atoms with Crippen molar-refractivity contribution in [3.63, 3.8) is 0 Å². The standard InChI is InChI=1S/C27H33NO6/c1-16(2)22-12-19-13-26(15-29)21-5-4-17(3)20(21)14-25(19,27(22,26)24(31)32)8-11-34-23(30)18-6-9-28(33)10-7-18/h6-7,9-10,12,15-17,19-21H,4-5,8,11,13-14H2,1-3H3,(H,31,32)/t17-,19?,20?,21?,25?,26?,27?/m1/s1. The van der Waals surface area contributed by atoms with Gasteiger partial charge in [-0.25, -0.2) is 4.79 Å². The zero-order valence-corrected chi connectivity index (χ0v) is 20.0. The molecule has 182 valence electrons. The zero-order chi connectivity index (χ0) is 24.5. The monoisotopic (exact) mass is 467 g/mol. The summed E-state index contributed by atoms with van der Waals surface area (Å²) in [4.78, 5) is 39.0. The van der Waals surface area contributed by atoms with Gasteiger partial charge in [-0.2, -0.15) is 4.73 Å². The molecule has 0 aliphatic heterocycles. The fourth-order valence-corrected chi connectivity index (χ4v) is 8.79. The Morgan fingerprint density at radius 1 is 1.26 bits per heavy atom. The van der Waals surface area contributed by atoms with Crippen LogP contribution < -0.4 is 4.73 Å². The molecule has 3 fully saturated rings. The molecule has 5 rings (SSSR count). The van der Waals surface area contributed by atoms with Crippen molar-refractivity contribution >= 4 is 18.2 Å². The summed E-state index contributed by atoms with van der Waals surface area (Å²) in [6.45, 7) is 6.35. The van der Waals surface area contributed by atoms with Crippen LogP contribution in [0.3, 0.4) is 0 Å². The number of aliphatic carboxylic acids is 1. The van der Waals surface area contributed by atoms with Gasteiger partial charge in [0.25, 0.3) is 0 Å². The molecule has 1 heterocycles. The molecular weight excluding hydrogens is 434 g/mol. The van der Waals surface area contributed by atoms with Crippen LogP contribution in [0, 0.1) is 51.0 Å². The number of rotatable bonds is 7. The highest BCUT2D eigenvalue weighted by Gasteiger charge is 2.83. The van der Waals surface area contributed by atoms with Crippen molar-refractivity contribution in [1.29, 1.82) is 0 Å². The molecule has 1 aromatic heterocycles. The molecular formula is C27H33NO6. The number of aldehydes is 1. The van der Waals surface area contributed by atoms with Crippen LogP contribution in [0.1, 0.15) is 63.2 Å². The van der Waals surface area contributed by atoms with Crippen molar-refractivity contribution in [1.82, 2.24) is 0 Å². The summed E-state index contributed by atoms with van der Waals surface area (Å²) in [5, 5.41) is 22.2. The average molecular weight is 468 g/mol. The van der Waals surface area contributed by atoms with Gasteiger partial charge in [-0.1, -0.05) is 38.8 Å². The topological polar surface area (TPSA) is 108 Å². The molecule has 1 N–H and O–H groups in total. The molecule has 6 unspecified atom stereocenters. The Kier molecular flexibility index (Phi) is 5.19. The Morgan fingerprint density at radius 2 is 1.97 bits per heavy atom. The number of esters is 1. The van der Waals surface area contributed by atoms with Gasteiger partial charge in [-0.05, 0) is 55.3 Å². The number of ether oxygens (including phenoxy) is 1. The zero-order valence-electron chi connectivity index (χ0n) is 20.0. The summed E-state index contributed by atoms with van der Waals surface area (Å²) < 4.78 is 6.21.